The first-order chi connectivity index (χ1) is 11.2. The molecule has 2 heterocycles. The molecule has 0 fully saturated rings. The summed E-state index contributed by atoms with van der Waals surface area (Å²) in [6.45, 7) is 0.931. The number of nitrogens with zero attached hydrogens (tertiary/aromatic N) is 3. The van der Waals surface area contributed by atoms with Gasteiger partial charge in [0, 0.05) is 18.7 Å². The number of carbonyl (C=O) groups is 1. The van der Waals surface area contributed by atoms with Crippen LogP contribution in [-0.4, -0.2) is 33.5 Å². The molecule has 0 unspecified atom stereocenters. The number of rotatable bonds is 5. The number of hydrogen-bond acceptors (Lipinski definition) is 5. The Labute approximate surface area is 139 Å². The van der Waals surface area contributed by atoms with Gasteiger partial charge in [-0.15, -0.1) is 5.10 Å². The van der Waals surface area contributed by atoms with E-state index in [1.54, 1.807) is 7.11 Å². The monoisotopic (exact) mass is 332 g/mol. The van der Waals surface area contributed by atoms with Gasteiger partial charge >= 0.3 is 0 Å². The highest BCUT2D eigenvalue weighted by molar-refractivity contribution is 7.99. The summed E-state index contributed by atoms with van der Waals surface area (Å²) >= 11 is 1.38. The maximum Gasteiger partial charge on any atom is 0.234 e. The fourth-order valence-corrected chi connectivity index (χ4v) is 3.16. The van der Waals surface area contributed by atoms with Crippen molar-refractivity contribution in [3.63, 3.8) is 0 Å². The van der Waals surface area contributed by atoms with Crippen molar-refractivity contribution in [1.82, 2.24) is 14.8 Å². The molecule has 1 aromatic heterocycles. The molecule has 2 aromatic rings. The number of methoxy groups -OCH3 is 1. The first-order valence-corrected chi connectivity index (χ1v) is 8.73. The van der Waals surface area contributed by atoms with Gasteiger partial charge in [0.2, 0.25) is 11.1 Å². The number of fused-ring (bicyclic) bond motifs is 1. The lowest BCUT2D eigenvalue weighted by molar-refractivity contribution is -0.113. The largest absolute Gasteiger partial charge is 0.497 e. The number of amides is 1. The zero-order chi connectivity index (χ0) is 16.1. The van der Waals surface area contributed by atoms with E-state index in [1.807, 2.05) is 28.9 Å². The Hall–Kier alpha value is -2.02. The first-order valence-electron chi connectivity index (χ1n) is 7.75. The summed E-state index contributed by atoms with van der Waals surface area (Å²) in [7, 11) is 1.61. The molecule has 6 nitrogen and oxygen atoms in total. The van der Waals surface area contributed by atoms with Gasteiger partial charge in [0.05, 0.1) is 12.9 Å². The van der Waals surface area contributed by atoms with Gasteiger partial charge in [-0.1, -0.05) is 18.2 Å². The number of thioether (sulfide) groups is 1. The van der Waals surface area contributed by atoms with Gasteiger partial charge in [-0.3, -0.25) is 4.79 Å². The van der Waals surface area contributed by atoms with Crippen LogP contribution >= 0.6 is 11.8 Å². The highest BCUT2D eigenvalue weighted by Crippen LogP contribution is 2.19. The second-order valence-electron chi connectivity index (χ2n) is 5.41. The van der Waals surface area contributed by atoms with Gasteiger partial charge < -0.3 is 10.1 Å². The third-order valence-corrected chi connectivity index (χ3v) is 4.54. The smallest absolute Gasteiger partial charge is 0.234 e. The molecule has 1 aromatic carbocycles. The minimum absolute atomic E-state index is 0.0647. The summed E-state index contributed by atoms with van der Waals surface area (Å²) in [5.41, 5.74) is 0.755. The second kappa shape index (κ2) is 7.50. The van der Waals surface area contributed by atoms with Crippen LogP contribution in [0.15, 0.2) is 29.4 Å². The second-order valence-corrected chi connectivity index (χ2v) is 6.35. The van der Waals surface area contributed by atoms with Crippen molar-refractivity contribution in [2.45, 2.75) is 37.4 Å². The molecule has 1 aliphatic rings. The molecule has 0 radical (unpaired) electrons. The van der Waals surface area contributed by atoms with Gasteiger partial charge in [-0.2, -0.15) is 0 Å². The Morgan fingerprint density at radius 2 is 2.13 bits per heavy atom. The molecule has 0 atom stereocenters. The molecular formula is C16H20N4O2S. The maximum atomic E-state index is 12.0. The van der Waals surface area contributed by atoms with Crippen LogP contribution in [0.2, 0.25) is 0 Å². The van der Waals surface area contributed by atoms with Crippen molar-refractivity contribution in [3.05, 3.63) is 30.1 Å². The molecule has 23 heavy (non-hydrogen) atoms. The Bertz CT molecular complexity index is 646. The van der Waals surface area contributed by atoms with Gasteiger partial charge in [-0.25, -0.2) is 9.67 Å². The van der Waals surface area contributed by atoms with Crippen LogP contribution in [0.25, 0.3) is 0 Å². The molecule has 7 heteroatoms. The number of ether oxygens (including phenoxy) is 1. The summed E-state index contributed by atoms with van der Waals surface area (Å²) in [5.74, 6) is 2.04. The number of aryl methyl sites for hydroxylation is 2. The SMILES string of the molecule is COc1ccc(NC(=O)CSc2nc3n(n2)CCCCC3)cc1. The molecular weight excluding hydrogens is 312 g/mol. The van der Waals surface area contributed by atoms with Crippen LogP contribution < -0.4 is 10.1 Å². The van der Waals surface area contributed by atoms with E-state index in [0.29, 0.717) is 10.9 Å². The first kappa shape index (κ1) is 15.9. The van der Waals surface area contributed by atoms with E-state index in [2.05, 4.69) is 15.4 Å². The summed E-state index contributed by atoms with van der Waals surface area (Å²) in [6, 6.07) is 7.27. The average Bonchev–Trinajstić information content (AvgIpc) is 2.83. The van der Waals surface area contributed by atoms with Gasteiger partial charge in [0.15, 0.2) is 0 Å². The number of anilines is 1. The van der Waals surface area contributed by atoms with Crippen LogP contribution in [0, 0.1) is 0 Å². The van der Waals surface area contributed by atoms with Crippen LogP contribution in [-0.2, 0) is 17.8 Å². The quantitative estimate of drug-likeness (QED) is 0.853. The average molecular weight is 332 g/mol. The van der Waals surface area contributed by atoms with Crippen molar-refractivity contribution in [2.75, 3.05) is 18.2 Å². The van der Waals surface area contributed by atoms with E-state index in [1.165, 1.54) is 24.6 Å². The lowest BCUT2D eigenvalue weighted by Crippen LogP contribution is -2.14. The highest BCUT2D eigenvalue weighted by atomic mass is 32.2. The number of aromatic nitrogens is 3. The molecule has 1 N–H and O–H groups in total. The summed E-state index contributed by atoms with van der Waals surface area (Å²) in [5, 5.41) is 8.03. The van der Waals surface area contributed by atoms with Crippen LogP contribution in [0.4, 0.5) is 5.69 Å². The van der Waals surface area contributed by atoms with Crippen LogP contribution in [0.5, 0.6) is 5.75 Å². The van der Waals surface area contributed by atoms with E-state index < -0.39 is 0 Å². The molecule has 0 saturated carbocycles. The molecule has 0 aliphatic carbocycles. The Kier molecular flexibility index (Phi) is 5.17. The van der Waals surface area contributed by atoms with Crippen molar-refractivity contribution >= 4 is 23.4 Å². The minimum Gasteiger partial charge on any atom is -0.497 e. The fraction of sp³-hybridized carbons (Fsp3) is 0.438. The zero-order valence-electron chi connectivity index (χ0n) is 13.1. The van der Waals surface area contributed by atoms with E-state index in [0.717, 1.165) is 36.6 Å². The Morgan fingerprint density at radius 1 is 1.30 bits per heavy atom. The van der Waals surface area contributed by atoms with E-state index in [-0.39, 0.29) is 5.91 Å². The summed E-state index contributed by atoms with van der Waals surface area (Å²) in [4.78, 5) is 16.5. The minimum atomic E-state index is -0.0647. The van der Waals surface area contributed by atoms with E-state index in [9.17, 15) is 4.79 Å². The fourth-order valence-electron chi connectivity index (χ4n) is 2.50. The third-order valence-electron chi connectivity index (χ3n) is 3.71. The van der Waals surface area contributed by atoms with Gasteiger partial charge in [0.25, 0.3) is 0 Å². The van der Waals surface area contributed by atoms with Crippen LogP contribution in [0.3, 0.4) is 0 Å². The predicted octanol–water partition coefficient (Wildman–Crippen LogP) is 2.74. The van der Waals surface area contributed by atoms with Gasteiger partial charge in [0.1, 0.15) is 11.6 Å². The van der Waals surface area contributed by atoms with Crippen molar-refractivity contribution in [1.29, 1.82) is 0 Å². The van der Waals surface area contributed by atoms with Crippen molar-refractivity contribution in [2.24, 2.45) is 0 Å². The predicted molar refractivity (Wildman–Crippen MR) is 89.9 cm³/mol. The number of hydrogen-bond donors (Lipinski definition) is 1. The summed E-state index contributed by atoms with van der Waals surface area (Å²) in [6.07, 6.45) is 4.53. The number of nitrogens with one attached hydrogen (secondary N) is 1. The lowest BCUT2D eigenvalue weighted by Gasteiger charge is -2.05. The van der Waals surface area contributed by atoms with E-state index >= 15 is 0 Å². The normalized spacial score (nSPS) is 14.0. The number of carbonyl (C=O) groups excluding carboxylic acids is 1. The molecule has 0 bridgehead atoms. The maximum absolute atomic E-state index is 12.0. The third kappa shape index (κ3) is 4.25. The van der Waals surface area contributed by atoms with Crippen molar-refractivity contribution in [3.8, 4) is 5.75 Å². The summed E-state index contributed by atoms with van der Waals surface area (Å²) < 4.78 is 7.08. The van der Waals surface area contributed by atoms with Crippen molar-refractivity contribution < 1.29 is 9.53 Å². The zero-order valence-corrected chi connectivity index (χ0v) is 13.9. The molecule has 1 aliphatic heterocycles. The lowest BCUT2D eigenvalue weighted by atomic mass is 10.2. The Balaban J connectivity index is 1.52. The number of benzene rings is 1. The highest BCUT2D eigenvalue weighted by Gasteiger charge is 2.14. The van der Waals surface area contributed by atoms with Gasteiger partial charge in [-0.05, 0) is 37.1 Å². The van der Waals surface area contributed by atoms with Crippen LogP contribution in [0.1, 0.15) is 25.1 Å². The Morgan fingerprint density at radius 3 is 2.91 bits per heavy atom. The molecule has 1 amide bonds. The molecule has 0 spiro atoms. The van der Waals surface area contributed by atoms with E-state index in [4.69, 9.17) is 4.74 Å². The molecule has 122 valence electrons. The standard InChI is InChI=1S/C16H20N4O2S/c1-22-13-8-6-12(7-9-13)17-15(21)11-23-16-18-14-5-3-2-4-10-20(14)19-16/h6-9H,2-5,10-11H2,1H3,(H,17,21). The molecule has 0 saturated heterocycles. The topological polar surface area (TPSA) is 69.0 Å². The molecule has 3 rings (SSSR count).